The fraction of sp³-hybridized carbons (Fsp3) is 0.409. The molecule has 4 aromatic heterocycles. The summed E-state index contributed by atoms with van der Waals surface area (Å²) in [6, 6.07) is 4.98. The lowest BCUT2D eigenvalue weighted by Gasteiger charge is -2.39. The lowest BCUT2D eigenvalue weighted by Crippen LogP contribution is -2.53. The van der Waals surface area contributed by atoms with Crippen molar-refractivity contribution in [1.29, 1.82) is 0 Å². The lowest BCUT2D eigenvalue weighted by molar-refractivity contribution is -0.129. The summed E-state index contributed by atoms with van der Waals surface area (Å²) in [6.07, 6.45) is 1.62. The van der Waals surface area contributed by atoms with Crippen LogP contribution in [0.2, 0.25) is 0 Å². The van der Waals surface area contributed by atoms with Crippen LogP contribution < -0.4 is 16.7 Å². The summed E-state index contributed by atoms with van der Waals surface area (Å²) in [5.41, 5.74) is 4.17. The minimum Gasteiger partial charge on any atom is -0.369 e. The predicted molar refractivity (Wildman–Crippen MR) is 121 cm³/mol. The number of carbonyl (C=O) groups is 1. The first-order chi connectivity index (χ1) is 16.7. The number of nitrogens with one attached hydrogen (secondary N) is 1. The average Bonchev–Trinajstić information content (AvgIpc) is 3.27. The van der Waals surface area contributed by atoms with E-state index in [2.05, 4.69) is 20.4 Å². The molecule has 0 unspecified atom stereocenters. The zero-order chi connectivity index (χ0) is 26.2. The van der Waals surface area contributed by atoms with Gasteiger partial charge >= 0.3 is 5.69 Å². The van der Waals surface area contributed by atoms with E-state index in [9.17, 15) is 14.0 Å². The molecule has 1 aliphatic carbocycles. The molecule has 3 N–H and O–H groups in total. The van der Waals surface area contributed by atoms with Gasteiger partial charge in [-0.15, -0.1) is 5.10 Å². The molecule has 33 heavy (non-hydrogen) atoms. The summed E-state index contributed by atoms with van der Waals surface area (Å²) < 4.78 is 40.8. The number of nitrogens with zero attached hydrogens (tertiary/aromatic N) is 6. The SMILES string of the molecule is [2H]C([2H])([2H])n1c(=O)n(C(C)(C)C)c2cc(Nc3ccc4cnc(C5(C(N)=O)CC(F)C5)n4n3)ncc21. The molecular weight excluding hydrogens is 427 g/mol. The Morgan fingerprint density at radius 2 is 2.00 bits per heavy atom. The highest BCUT2D eigenvalue weighted by atomic mass is 19.1. The van der Waals surface area contributed by atoms with Gasteiger partial charge in [0.1, 0.15) is 23.2 Å². The molecule has 172 valence electrons. The summed E-state index contributed by atoms with van der Waals surface area (Å²) in [5, 5.41) is 7.56. The molecule has 0 spiro atoms. The standard InChI is InChI=1S/C22H25FN8O2/c1-21(2,3)30-14-7-17(25-11-15(14)29(4)20(30)33)27-16-6-5-13-10-26-19(31(13)28-16)22(18(24)32)8-12(23)9-22/h5-7,10-12H,8-9H2,1-4H3,(H2,24,32)(H,25,27,28)/i4D3. The zero-order valence-corrected chi connectivity index (χ0v) is 18.3. The minimum atomic E-state index is -2.68. The van der Waals surface area contributed by atoms with Crippen molar-refractivity contribution < 1.29 is 13.3 Å². The van der Waals surface area contributed by atoms with Crippen LogP contribution in [-0.4, -0.2) is 40.8 Å². The topological polar surface area (TPSA) is 125 Å². The fourth-order valence-corrected chi connectivity index (χ4v) is 4.41. The van der Waals surface area contributed by atoms with E-state index in [0.717, 1.165) is 4.57 Å². The maximum Gasteiger partial charge on any atom is 0.329 e. The molecule has 0 aromatic carbocycles. The summed E-state index contributed by atoms with van der Waals surface area (Å²) in [7, 11) is 0. The van der Waals surface area contributed by atoms with Crippen LogP contribution >= 0.6 is 0 Å². The van der Waals surface area contributed by atoms with E-state index in [0.29, 0.717) is 22.7 Å². The third-order valence-electron chi connectivity index (χ3n) is 6.08. The normalized spacial score (nSPS) is 22.5. The third-order valence-corrected chi connectivity index (χ3v) is 6.08. The molecule has 0 bridgehead atoms. The molecule has 4 heterocycles. The molecule has 0 radical (unpaired) electrons. The van der Waals surface area contributed by atoms with Gasteiger partial charge in [0, 0.05) is 35.5 Å². The van der Waals surface area contributed by atoms with Gasteiger partial charge in [-0.1, -0.05) is 0 Å². The molecule has 1 saturated carbocycles. The van der Waals surface area contributed by atoms with Gasteiger partial charge in [-0.25, -0.2) is 23.7 Å². The van der Waals surface area contributed by atoms with Crippen molar-refractivity contribution in [2.45, 2.75) is 50.7 Å². The maximum absolute atomic E-state index is 13.7. The smallest absolute Gasteiger partial charge is 0.329 e. The van der Waals surface area contributed by atoms with Crippen molar-refractivity contribution in [3.8, 4) is 0 Å². The molecule has 0 atom stereocenters. The van der Waals surface area contributed by atoms with Crippen LogP contribution in [0.15, 0.2) is 35.4 Å². The van der Waals surface area contributed by atoms with Gasteiger partial charge in [0.25, 0.3) is 0 Å². The lowest BCUT2D eigenvalue weighted by atomic mass is 9.66. The molecule has 0 saturated heterocycles. The highest BCUT2D eigenvalue weighted by Crippen LogP contribution is 2.44. The number of pyridine rings is 1. The Morgan fingerprint density at radius 1 is 1.24 bits per heavy atom. The number of nitrogens with two attached hydrogens (primary N) is 1. The van der Waals surface area contributed by atoms with Crippen molar-refractivity contribution in [1.82, 2.24) is 28.7 Å². The number of hydrogen-bond donors (Lipinski definition) is 2. The van der Waals surface area contributed by atoms with Crippen LogP contribution in [-0.2, 0) is 22.7 Å². The molecule has 1 aliphatic rings. The van der Waals surface area contributed by atoms with E-state index in [-0.39, 0.29) is 24.2 Å². The number of carbonyl (C=O) groups excluding carboxylic acids is 1. The number of hydrogen-bond acceptors (Lipinski definition) is 6. The number of primary amides is 1. The zero-order valence-electron chi connectivity index (χ0n) is 21.3. The van der Waals surface area contributed by atoms with E-state index in [1.807, 2.05) is 0 Å². The van der Waals surface area contributed by atoms with E-state index >= 15 is 0 Å². The van der Waals surface area contributed by atoms with Crippen LogP contribution in [0.5, 0.6) is 0 Å². The Balaban J connectivity index is 1.59. The highest BCUT2D eigenvalue weighted by molar-refractivity contribution is 5.87. The molecule has 10 nitrogen and oxygen atoms in total. The van der Waals surface area contributed by atoms with Crippen LogP contribution in [0.3, 0.4) is 0 Å². The van der Waals surface area contributed by atoms with E-state index in [1.54, 1.807) is 39.0 Å². The Bertz CT molecular complexity index is 1570. The van der Waals surface area contributed by atoms with Crippen molar-refractivity contribution in [2.24, 2.45) is 12.7 Å². The van der Waals surface area contributed by atoms with Gasteiger partial charge in [0.2, 0.25) is 5.91 Å². The van der Waals surface area contributed by atoms with Crippen LogP contribution in [0, 0.1) is 0 Å². The van der Waals surface area contributed by atoms with Gasteiger partial charge < -0.3 is 11.1 Å². The number of aromatic nitrogens is 6. The largest absolute Gasteiger partial charge is 0.369 e. The van der Waals surface area contributed by atoms with Crippen LogP contribution in [0.4, 0.5) is 16.0 Å². The summed E-state index contributed by atoms with van der Waals surface area (Å²) in [4.78, 5) is 33.8. The van der Waals surface area contributed by atoms with E-state index < -0.39 is 35.7 Å². The Hall–Kier alpha value is -3.76. The molecule has 0 aliphatic heterocycles. The number of amides is 1. The number of halogens is 1. The highest BCUT2D eigenvalue weighted by Gasteiger charge is 2.54. The van der Waals surface area contributed by atoms with Crippen molar-refractivity contribution in [2.75, 3.05) is 5.32 Å². The third kappa shape index (κ3) is 3.10. The number of aryl methyl sites for hydroxylation is 1. The second-order valence-corrected chi connectivity index (χ2v) is 9.40. The summed E-state index contributed by atoms with van der Waals surface area (Å²) in [5.74, 6) is 0.260. The van der Waals surface area contributed by atoms with Crippen molar-refractivity contribution in [3.63, 3.8) is 0 Å². The van der Waals surface area contributed by atoms with Crippen LogP contribution in [0.25, 0.3) is 16.6 Å². The van der Waals surface area contributed by atoms with Gasteiger partial charge in [0.05, 0.1) is 28.9 Å². The monoisotopic (exact) mass is 455 g/mol. The van der Waals surface area contributed by atoms with Crippen molar-refractivity contribution >= 4 is 34.1 Å². The quantitative estimate of drug-likeness (QED) is 0.486. The van der Waals surface area contributed by atoms with Gasteiger partial charge in [-0.3, -0.25) is 13.9 Å². The van der Waals surface area contributed by atoms with Gasteiger partial charge in [-0.05, 0) is 32.9 Å². The summed E-state index contributed by atoms with van der Waals surface area (Å²) in [6.45, 7) is 2.73. The van der Waals surface area contributed by atoms with Crippen LogP contribution in [0.1, 0.15) is 43.5 Å². The second-order valence-electron chi connectivity index (χ2n) is 9.40. The average molecular weight is 456 g/mol. The Morgan fingerprint density at radius 3 is 2.64 bits per heavy atom. The first-order valence-electron chi connectivity index (χ1n) is 11.9. The molecular formula is C22H25FN8O2. The minimum absolute atomic E-state index is 0.0518. The first kappa shape index (κ1) is 17.8. The Kier molecular flexibility index (Phi) is 3.69. The van der Waals surface area contributed by atoms with Crippen molar-refractivity contribution in [3.05, 3.63) is 46.9 Å². The molecule has 1 amide bonds. The molecule has 4 aromatic rings. The fourth-order valence-electron chi connectivity index (χ4n) is 4.41. The van der Waals surface area contributed by atoms with Gasteiger partial charge in [-0.2, -0.15) is 0 Å². The Labute approximate surface area is 192 Å². The molecule has 11 heteroatoms. The number of alkyl halides is 1. The summed E-state index contributed by atoms with van der Waals surface area (Å²) >= 11 is 0. The van der Waals surface area contributed by atoms with Gasteiger partial charge in [0.15, 0.2) is 5.82 Å². The molecule has 1 fully saturated rings. The second kappa shape index (κ2) is 6.87. The van der Waals surface area contributed by atoms with E-state index in [4.69, 9.17) is 9.85 Å². The number of anilines is 2. The maximum atomic E-state index is 13.7. The number of imidazole rings is 2. The molecule has 5 rings (SSSR count). The van der Waals surface area contributed by atoms with E-state index in [1.165, 1.54) is 21.5 Å². The number of rotatable bonds is 4. The predicted octanol–water partition coefficient (Wildman–Crippen LogP) is 2.13. The number of fused-ring (bicyclic) bond motifs is 2. The first-order valence-corrected chi connectivity index (χ1v) is 10.4.